The molecule has 0 amide bonds. The Kier molecular flexibility index (Phi) is 2.33. The Morgan fingerprint density at radius 3 is 2.73 bits per heavy atom. The van der Waals surface area contributed by atoms with Crippen molar-refractivity contribution in [3.63, 3.8) is 0 Å². The van der Waals surface area contributed by atoms with Gasteiger partial charge in [0.15, 0.2) is 0 Å². The SMILES string of the molecule is Cc1cc(-c2cn(C)nn2)ccc1C=O. The van der Waals surface area contributed by atoms with Gasteiger partial charge in [0.25, 0.3) is 0 Å². The van der Waals surface area contributed by atoms with E-state index in [1.54, 1.807) is 10.7 Å². The predicted octanol–water partition coefficient (Wildman–Crippen LogP) is 1.60. The van der Waals surface area contributed by atoms with E-state index in [0.29, 0.717) is 5.56 Å². The fourth-order valence-electron chi connectivity index (χ4n) is 1.45. The minimum absolute atomic E-state index is 0.711. The average molecular weight is 201 g/mol. The van der Waals surface area contributed by atoms with Gasteiger partial charge in [-0.2, -0.15) is 0 Å². The van der Waals surface area contributed by atoms with Crippen molar-refractivity contribution >= 4 is 6.29 Å². The second kappa shape index (κ2) is 3.65. The van der Waals surface area contributed by atoms with Crippen LogP contribution in [0.25, 0.3) is 11.3 Å². The third kappa shape index (κ3) is 1.79. The van der Waals surface area contributed by atoms with E-state index in [1.807, 2.05) is 32.3 Å². The summed E-state index contributed by atoms with van der Waals surface area (Å²) in [6.07, 6.45) is 2.70. The van der Waals surface area contributed by atoms with E-state index in [1.165, 1.54) is 0 Å². The van der Waals surface area contributed by atoms with E-state index >= 15 is 0 Å². The fourth-order valence-corrected chi connectivity index (χ4v) is 1.45. The Bertz CT molecular complexity index is 502. The Labute approximate surface area is 87.5 Å². The molecular formula is C11H11N3O. The Hall–Kier alpha value is -1.97. The average Bonchev–Trinajstić information content (AvgIpc) is 2.65. The maximum atomic E-state index is 10.6. The molecule has 0 atom stereocenters. The number of carbonyl (C=O) groups is 1. The monoisotopic (exact) mass is 201 g/mol. The highest BCUT2D eigenvalue weighted by Crippen LogP contribution is 2.18. The summed E-state index contributed by atoms with van der Waals surface area (Å²) in [4.78, 5) is 10.6. The summed E-state index contributed by atoms with van der Waals surface area (Å²) in [6, 6.07) is 5.61. The van der Waals surface area contributed by atoms with E-state index in [0.717, 1.165) is 23.1 Å². The number of aldehydes is 1. The molecule has 1 aromatic heterocycles. The molecule has 0 aliphatic carbocycles. The van der Waals surface area contributed by atoms with Crippen LogP contribution >= 0.6 is 0 Å². The highest BCUT2D eigenvalue weighted by atomic mass is 16.1. The number of hydrogen-bond acceptors (Lipinski definition) is 3. The summed E-state index contributed by atoms with van der Waals surface area (Å²) < 4.78 is 1.65. The van der Waals surface area contributed by atoms with E-state index in [4.69, 9.17) is 0 Å². The highest BCUT2D eigenvalue weighted by Gasteiger charge is 2.04. The van der Waals surface area contributed by atoms with Crippen LogP contribution in [0, 0.1) is 6.92 Å². The zero-order valence-corrected chi connectivity index (χ0v) is 8.64. The normalized spacial score (nSPS) is 10.3. The zero-order chi connectivity index (χ0) is 10.8. The van der Waals surface area contributed by atoms with Crippen LogP contribution in [-0.2, 0) is 7.05 Å². The molecule has 4 nitrogen and oxygen atoms in total. The summed E-state index contributed by atoms with van der Waals surface area (Å²) >= 11 is 0. The molecule has 0 fully saturated rings. The minimum Gasteiger partial charge on any atom is -0.298 e. The van der Waals surface area contributed by atoms with Gasteiger partial charge in [0, 0.05) is 18.2 Å². The molecule has 0 radical (unpaired) electrons. The summed E-state index contributed by atoms with van der Waals surface area (Å²) in [5, 5.41) is 7.87. The maximum Gasteiger partial charge on any atom is 0.150 e. The van der Waals surface area contributed by atoms with E-state index < -0.39 is 0 Å². The molecule has 76 valence electrons. The minimum atomic E-state index is 0.711. The van der Waals surface area contributed by atoms with Gasteiger partial charge in [-0.3, -0.25) is 9.48 Å². The summed E-state index contributed by atoms with van der Waals surface area (Å²) in [5.74, 6) is 0. The molecule has 4 heteroatoms. The zero-order valence-electron chi connectivity index (χ0n) is 8.64. The fraction of sp³-hybridized carbons (Fsp3) is 0.182. The molecule has 0 bridgehead atoms. The van der Waals surface area contributed by atoms with Crippen molar-refractivity contribution in [1.82, 2.24) is 15.0 Å². The number of aryl methyl sites for hydroxylation is 2. The van der Waals surface area contributed by atoms with Crippen molar-refractivity contribution in [2.75, 3.05) is 0 Å². The maximum absolute atomic E-state index is 10.6. The van der Waals surface area contributed by atoms with Crippen LogP contribution < -0.4 is 0 Å². The van der Waals surface area contributed by atoms with Crippen LogP contribution in [-0.4, -0.2) is 21.3 Å². The molecule has 0 unspecified atom stereocenters. The third-order valence-electron chi connectivity index (χ3n) is 2.30. The molecule has 1 aromatic carbocycles. The lowest BCUT2D eigenvalue weighted by atomic mass is 10.0. The van der Waals surface area contributed by atoms with Crippen LogP contribution in [0.5, 0.6) is 0 Å². The second-order valence-corrected chi connectivity index (χ2v) is 3.47. The molecule has 0 saturated carbocycles. The van der Waals surface area contributed by atoms with Gasteiger partial charge in [-0.15, -0.1) is 5.10 Å². The summed E-state index contributed by atoms with van der Waals surface area (Å²) in [6.45, 7) is 1.91. The molecule has 0 spiro atoms. The first kappa shape index (κ1) is 9.58. The first-order chi connectivity index (χ1) is 7.20. The quantitative estimate of drug-likeness (QED) is 0.693. The van der Waals surface area contributed by atoms with E-state index in [-0.39, 0.29) is 0 Å². The molecule has 1 heterocycles. The smallest absolute Gasteiger partial charge is 0.150 e. The van der Waals surface area contributed by atoms with Crippen molar-refractivity contribution in [2.45, 2.75) is 6.92 Å². The Balaban J connectivity index is 2.46. The number of hydrogen-bond donors (Lipinski definition) is 0. The number of benzene rings is 1. The Morgan fingerprint density at radius 1 is 1.40 bits per heavy atom. The molecule has 0 aliphatic heterocycles. The van der Waals surface area contributed by atoms with Gasteiger partial charge < -0.3 is 0 Å². The highest BCUT2D eigenvalue weighted by molar-refractivity contribution is 5.79. The van der Waals surface area contributed by atoms with Crippen LogP contribution in [0.4, 0.5) is 0 Å². The van der Waals surface area contributed by atoms with Gasteiger partial charge in [-0.05, 0) is 18.6 Å². The molecule has 15 heavy (non-hydrogen) atoms. The molecular weight excluding hydrogens is 190 g/mol. The van der Waals surface area contributed by atoms with Crippen molar-refractivity contribution < 1.29 is 4.79 Å². The number of aromatic nitrogens is 3. The van der Waals surface area contributed by atoms with Gasteiger partial charge >= 0.3 is 0 Å². The van der Waals surface area contributed by atoms with Crippen LogP contribution in [0.1, 0.15) is 15.9 Å². The topological polar surface area (TPSA) is 47.8 Å². The van der Waals surface area contributed by atoms with Crippen LogP contribution in [0.15, 0.2) is 24.4 Å². The Morgan fingerprint density at radius 2 is 2.20 bits per heavy atom. The predicted molar refractivity (Wildman–Crippen MR) is 56.6 cm³/mol. The van der Waals surface area contributed by atoms with Crippen molar-refractivity contribution in [3.8, 4) is 11.3 Å². The number of nitrogens with zero attached hydrogens (tertiary/aromatic N) is 3. The first-order valence-corrected chi connectivity index (χ1v) is 4.63. The van der Waals surface area contributed by atoms with Gasteiger partial charge in [-0.25, -0.2) is 0 Å². The van der Waals surface area contributed by atoms with E-state index in [9.17, 15) is 4.79 Å². The van der Waals surface area contributed by atoms with Crippen molar-refractivity contribution in [3.05, 3.63) is 35.5 Å². The summed E-state index contributed by atoms with van der Waals surface area (Å²) in [7, 11) is 1.82. The van der Waals surface area contributed by atoms with Crippen molar-refractivity contribution in [2.24, 2.45) is 7.05 Å². The van der Waals surface area contributed by atoms with Crippen molar-refractivity contribution in [1.29, 1.82) is 0 Å². The van der Waals surface area contributed by atoms with Crippen LogP contribution in [0.3, 0.4) is 0 Å². The number of carbonyl (C=O) groups excluding carboxylic acids is 1. The lowest BCUT2D eigenvalue weighted by Gasteiger charge is -2.00. The molecule has 0 saturated heterocycles. The second-order valence-electron chi connectivity index (χ2n) is 3.47. The third-order valence-corrected chi connectivity index (χ3v) is 2.30. The van der Waals surface area contributed by atoms with E-state index in [2.05, 4.69) is 10.3 Å². The molecule has 2 rings (SSSR count). The van der Waals surface area contributed by atoms with Gasteiger partial charge in [-0.1, -0.05) is 17.3 Å². The molecule has 0 N–H and O–H groups in total. The molecule has 0 aliphatic rings. The van der Waals surface area contributed by atoms with Gasteiger partial charge in [0.2, 0.25) is 0 Å². The van der Waals surface area contributed by atoms with Gasteiger partial charge in [0.05, 0.1) is 6.20 Å². The lowest BCUT2D eigenvalue weighted by molar-refractivity contribution is 0.112. The lowest BCUT2D eigenvalue weighted by Crippen LogP contribution is -1.87. The standard InChI is InChI=1S/C11H11N3O/c1-8-5-9(3-4-10(8)7-15)11-6-14(2)13-12-11/h3-7H,1-2H3. The first-order valence-electron chi connectivity index (χ1n) is 4.63. The van der Waals surface area contributed by atoms with Gasteiger partial charge in [0.1, 0.15) is 12.0 Å². The summed E-state index contributed by atoms with van der Waals surface area (Å²) in [5.41, 5.74) is 3.46. The largest absolute Gasteiger partial charge is 0.298 e. The molecule has 2 aromatic rings. The number of rotatable bonds is 2. The van der Waals surface area contributed by atoms with Crippen LogP contribution in [0.2, 0.25) is 0 Å².